The van der Waals surface area contributed by atoms with Gasteiger partial charge in [-0.05, 0) is 42.0 Å². The maximum Gasteiger partial charge on any atom is 0.437 e. The Morgan fingerprint density at radius 2 is 1.87 bits per heavy atom. The van der Waals surface area contributed by atoms with Crippen LogP contribution in [-0.4, -0.2) is 26.9 Å². The summed E-state index contributed by atoms with van der Waals surface area (Å²) in [4.78, 5) is 28.8. The van der Waals surface area contributed by atoms with Gasteiger partial charge in [-0.1, -0.05) is 11.6 Å². The van der Waals surface area contributed by atoms with Crippen LogP contribution in [0.5, 0.6) is 17.2 Å². The van der Waals surface area contributed by atoms with Crippen LogP contribution in [0.1, 0.15) is 17.0 Å². The molecule has 4 rings (SSSR count). The van der Waals surface area contributed by atoms with Crippen LogP contribution in [0.4, 0.5) is 17.6 Å². The van der Waals surface area contributed by atoms with E-state index in [1.165, 1.54) is 25.3 Å². The summed E-state index contributed by atoms with van der Waals surface area (Å²) in [5, 5.41) is 15.1. The smallest absolute Gasteiger partial charge is 0.437 e. The highest BCUT2D eigenvalue weighted by molar-refractivity contribution is 6.30. The molecule has 0 fully saturated rings. The van der Waals surface area contributed by atoms with E-state index in [9.17, 15) is 27.2 Å². The summed E-state index contributed by atoms with van der Waals surface area (Å²) in [7, 11) is 1.31. The van der Waals surface area contributed by atoms with Gasteiger partial charge in [0.15, 0.2) is 5.69 Å². The van der Waals surface area contributed by atoms with Gasteiger partial charge in [0.05, 0.1) is 42.9 Å². The first-order valence-electron chi connectivity index (χ1n) is 10.5. The third-order valence-electron chi connectivity index (χ3n) is 5.09. The van der Waals surface area contributed by atoms with Gasteiger partial charge in [0, 0.05) is 11.1 Å². The maximum atomic E-state index is 14.0. The van der Waals surface area contributed by atoms with Crippen molar-refractivity contribution in [3.05, 3.63) is 97.3 Å². The molecule has 2 aromatic heterocycles. The zero-order valence-corrected chi connectivity index (χ0v) is 19.9. The number of aromatic amines is 1. The third kappa shape index (κ3) is 5.65. The van der Waals surface area contributed by atoms with E-state index in [0.717, 1.165) is 28.8 Å². The van der Waals surface area contributed by atoms with Crippen molar-refractivity contribution in [3.63, 3.8) is 0 Å². The number of nitriles is 1. The van der Waals surface area contributed by atoms with E-state index < -0.39 is 41.1 Å². The second-order valence-electron chi connectivity index (χ2n) is 7.72. The van der Waals surface area contributed by atoms with E-state index in [0.29, 0.717) is 6.33 Å². The molecule has 14 heteroatoms. The Bertz CT molecular complexity index is 1700. The predicted molar refractivity (Wildman–Crippen MR) is 126 cm³/mol. The SMILES string of the molecule is COc1cc(F)cc(-c2cc(Cn3cnc(C(F)(F)F)c(Oc4cc(Cl)cc(C#N)c4)c3=O)n[nH]c2=O)c1. The number of nitrogens with zero attached hydrogens (tertiary/aromatic N) is 4. The Labute approximate surface area is 215 Å². The van der Waals surface area contributed by atoms with Crippen molar-refractivity contribution < 1.29 is 27.0 Å². The highest BCUT2D eigenvalue weighted by Crippen LogP contribution is 2.35. The number of rotatable bonds is 6. The second-order valence-corrected chi connectivity index (χ2v) is 8.16. The molecule has 0 spiro atoms. The number of hydrogen-bond acceptors (Lipinski definition) is 7. The van der Waals surface area contributed by atoms with Gasteiger partial charge in [-0.3, -0.25) is 14.2 Å². The van der Waals surface area contributed by atoms with Gasteiger partial charge in [-0.15, -0.1) is 0 Å². The van der Waals surface area contributed by atoms with E-state index in [4.69, 9.17) is 26.3 Å². The van der Waals surface area contributed by atoms with Gasteiger partial charge in [-0.2, -0.15) is 23.5 Å². The fraction of sp³-hybridized carbons (Fsp3) is 0.125. The number of halogens is 5. The first kappa shape index (κ1) is 26.4. The molecular formula is C24H14ClF4N5O4. The monoisotopic (exact) mass is 547 g/mol. The average molecular weight is 548 g/mol. The molecular weight excluding hydrogens is 534 g/mol. The number of alkyl halides is 3. The van der Waals surface area contributed by atoms with Crippen LogP contribution in [0.3, 0.4) is 0 Å². The second kappa shape index (κ2) is 10.3. The Balaban J connectivity index is 1.77. The molecule has 1 N–H and O–H groups in total. The van der Waals surface area contributed by atoms with Gasteiger partial charge in [-0.25, -0.2) is 14.5 Å². The number of aromatic nitrogens is 4. The van der Waals surface area contributed by atoms with Gasteiger partial charge in [0.25, 0.3) is 11.1 Å². The standard InChI is InChI=1S/C24H14ClF4N5O4/c1-37-17-5-13(4-15(26)7-17)19-8-16(32-33-22(19)35)10-34-11-31-21(24(27,28)29)20(23(34)36)38-18-3-12(9-30)2-14(25)6-18/h2-8,11H,10H2,1H3,(H,33,35). The van der Waals surface area contributed by atoms with Crippen molar-refractivity contribution in [2.75, 3.05) is 7.11 Å². The molecule has 9 nitrogen and oxygen atoms in total. The first-order valence-corrected chi connectivity index (χ1v) is 10.8. The topological polar surface area (TPSA) is 123 Å². The molecule has 2 aromatic carbocycles. The van der Waals surface area contributed by atoms with Crippen molar-refractivity contribution in [1.82, 2.24) is 19.7 Å². The molecule has 0 atom stereocenters. The van der Waals surface area contributed by atoms with Crippen LogP contribution >= 0.6 is 11.6 Å². The summed E-state index contributed by atoms with van der Waals surface area (Å²) < 4.78 is 65.9. The minimum atomic E-state index is -5.05. The van der Waals surface area contributed by atoms with E-state index in [1.54, 1.807) is 6.07 Å². The van der Waals surface area contributed by atoms with Gasteiger partial charge in [0.1, 0.15) is 17.3 Å². The number of hydrogen-bond donors (Lipinski definition) is 1. The Hall–Kier alpha value is -4.70. The van der Waals surface area contributed by atoms with E-state index in [1.807, 2.05) is 0 Å². The molecule has 2 heterocycles. The lowest BCUT2D eigenvalue weighted by Gasteiger charge is -2.15. The Morgan fingerprint density at radius 1 is 1.11 bits per heavy atom. The summed E-state index contributed by atoms with van der Waals surface area (Å²) >= 11 is 5.89. The van der Waals surface area contributed by atoms with E-state index >= 15 is 0 Å². The first-order chi connectivity index (χ1) is 18.0. The largest absolute Gasteiger partial charge is 0.497 e. The maximum absolute atomic E-state index is 14.0. The van der Waals surface area contributed by atoms with Gasteiger partial charge in [0.2, 0.25) is 5.75 Å². The number of benzene rings is 2. The average Bonchev–Trinajstić information content (AvgIpc) is 2.86. The molecule has 4 aromatic rings. The molecule has 0 radical (unpaired) electrons. The van der Waals surface area contributed by atoms with Crippen molar-refractivity contribution in [2.24, 2.45) is 0 Å². The van der Waals surface area contributed by atoms with Crippen molar-refractivity contribution in [3.8, 4) is 34.4 Å². The fourth-order valence-corrected chi connectivity index (χ4v) is 3.66. The molecule has 0 aliphatic carbocycles. The lowest BCUT2D eigenvalue weighted by atomic mass is 10.1. The van der Waals surface area contributed by atoms with Gasteiger partial charge >= 0.3 is 6.18 Å². The van der Waals surface area contributed by atoms with E-state index in [2.05, 4.69) is 15.2 Å². The van der Waals surface area contributed by atoms with Crippen LogP contribution < -0.4 is 20.6 Å². The summed E-state index contributed by atoms with van der Waals surface area (Å²) in [5.41, 5.74) is -3.37. The minimum Gasteiger partial charge on any atom is -0.497 e. The Kier molecular flexibility index (Phi) is 7.18. The lowest BCUT2D eigenvalue weighted by Crippen LogP contribution is -2.27. The van der Waals surface area contributed by atoms with Crippen molar-refractivity contribution >= 4 is 11.6 Å². The Morgan fingerprint density at radius 3 is 2.55 bits per heavy atom. The summed E-state index contributed by atoms with van der Waals surface area (Å²) in [6.45, 7) is -0.435. The zero-order valence-electron chi connectivity index (χ0n) is 19.1. The van der Waals surface area contributed by atoms with Crippen molar-refractivity contribution in [2.45, 2.75) is 12.7 Å². The van der Waals surface area contributed by atoms with Crippen LogP contribution in [0, 0.1) is 17.1 Å². The molecule has 0 saturated heterocycles. The molecule has 0 amide bonds. The molecule has 194 valence electrons. The van der Waals surface area contributed by atoms with Gasteiger partial charge < -0.3 is 9.47 Å². The number of methoxy groups -OCH3 is 1. The number of H-pyrrole nitrogens is 1. The minimum absolute atomic E-state index is 0.00391. The summed E-state index contributed by atoms with van der Waals surface area (Å²) in [5.74, 6) is -1.99. The highest BCUT2D eigenvalue weighted by atomic mass is 35.5. The molecule has 0 saturated carbocycles. The van der Waals surface area contributed by atoms with Crippen LogP contribution in [0.15, 0.2) is 58.4 Å². The fourth-order valence-electron chi connectivity index (χ4n) is 3.43. The quantitative estimate of drug-likeness (QED) is 0.352. The van der Waals surface area contributed by atoms with E-state index in [-0.39, 0.29) is 38.9 Å². The number of nitrogens with one attached hydrogen (secondary N) is 1. The molecule has 0 aliphatic heterocycles. The molecule has 0 bridgehead atoms. The molecule has 0 unspecified atom stereocenters. The molecule has 38 heavy (non-hydrogen) atoms. The normalized spacial score (nSPS) is 11.2. The highest BCUT2D eigenvalue weighted by Gasteiger charge is 2.38. The van der Waals surface area contributed by atoms with Crippen LogP contribution in [0.25, 0.3) is 11.1 Å². The predicted octanol–water partition coefficient (Wildman–Crippen LogP) is 4.53. The summed E-state index contributed by atoms with van der Waals surface area (Å²) in [6, 6.07) is 10.1. The summed E-state index contributed by atoms with van der Waals surface area (Å²) in [6.07, 6.45) is -4.40. The number of ether oxygens (including phenoxy) is 2. The van der Waals surface area contributed by atoms with Crippen molar-refractivity contribution in [1.29, 1.82) is 5.26 Å². The van der Waals surface area contributed by atoms with Crippen LogP contribution in [0.2, 0.25) is 5.02 Å². The zero-order chi connectivity index (χ0) is 27.6. The van der Waals surface area contributed by atoms with Crippen LogP contribution in [-0.2, 0) is 12.7 Å². The molecule has 0 aliphatic rings. The lowest BCUT2D eigenvalue weighted by molar-refractivity contribution is -0.142. The third-order valence-corrected chi connectivity index (χ3v) is 5.31.